The third-order valence-corrected chi connectivity index (χ3v) is 3.93. The van der Waals surface area contributed by atoms with Crippen molar-refractivity contribution < 1.29 is 13.2 Å². The van der Waals surface area contributed by atoms with E-state index in [1.165, 1.54) is 6.92 Å². The van der Waals surface area contributed by atoms with Gasteiger partial charge in [-0.1, -0.05) is 18.5 Å². The molecule has 0 fully saturated rings. The van der Waals surface area contributed by atoms with Crippen molar-refractivity contribution in [3.05, 3.63) is 0 Å². The lowest BCUT2D eigenvalue weighted by Gasteiger charge is -2.03. The average molecular weight is 185 g/mol. The first-order valence-electron chi connectivity index (χ1n) is 2.78. The van der Waals surface area contributed by atoms with Gasteiger partial charge < -0.3 is 0 Å². The Balaban J connectivity index is 4.51. The molecule has 0 aromatic rings. The van der Waals surface area contributed by atoms with Crippen LogP contribution >= 0.6 is 11.6 Å². The highest BCUT2D eigenvalue weighted by Crippen LogP contribution is 2.07. The van der Waals surface area contributed by atoms with Gasteiger partial charge in [0.2, 0.25) is 0 Å². The predicted molar refractivity (Wildman–Crippen MR) is 39.8 cm³/mol. The van der Waals surface area contributed by atoms with Gasteiger partial charge in [-0.2, -0.15) is 0 Å². The molecule has 0 N–H and O–H groups in total. The minimum absolute atomic E-state index is 0.0965. The standard InChI is InChI=1S/C5H9ClO3S/c1-3-10(8,9)5(6)4(2)7/h5H,3H2,1-2H3. The minimum atomic E-state index is -3.38. The summed E-state index contributed by atoms with van der Waals surface area (Å²) < 4.78 is 20.2. The van der Waals surface area contributed by atoms with Crippen LogP contribution in [0.25, 0.3) is 0 Å². The van der Waals surface area contributed by atoms with Crippen molar-refractivity contribution in [2.75, 3.05) is 5.75 Å². The molecule has 0 saturated carbocycles. The van der Waals surface area contributed by atoms with Gasteiger partial charge in [0.05, 0.1) is 0 Å². The van der Waals surface area contributed by atoms with Crippen molar-refractivity contribution in [3.8, 4) is 0 Å². The fourth-order valence-corrected chi connectivity index (χ4v) is 1.58. The normalized spacial score (nSPS) is 14.7. The summed E-state index contributed by atoms with van der Waals surface area (Å²) >= 11 is 5.27. The molecule has 0 aromatic heterocycles. The maximum absolute atomic E-state index is 10.8. The highest BCUT2D eigenvalue weighted by molar-refractivity contribution is 7.94. The van der Waals surface area contributed by atoms with E-state index >= 15 is 0 Å². The Bertz CT molecular complexity index is 219. The van der Waals surface area contributed by atoms with Crippen molar-refractivity contribution in [3.63, 3.8) is 0 Å². The van der Waals surface area contributed by atoms with Crippen LogP contribution in [0.5, 0.6) is 0 Å². The molecule has 60 valence electrons. The summed E-state index contributed by atoms with van der Waals surface area (Å²) in [5, 5.41) is 0. The van der Waals surface area contributed by atoms with Crippen LogP contribution in [0.2, 0.25) is 0 Å². The zero-order valence-electron chi connectivity index (χ0n) is 5.80. The lowest BCUT2D eigenvalue weighted by Crippen LogP contribution is -2.23. The Morgan fingerprint density at radius 1 is 1.60 bits per heavy atom. The first-order chi connectivity index (χ1) is 4.41. The molecule has 0 saturated heterocycles. The highest BCUT2D eigenvalue weighted by Gasteiger charge is 2.24. The highest BCUT2D eigenvalue weighted by atomic mass is 35.5. The molecular formula is C5H9ClO3S. The van der Waals surface area contributed by atoms with Crippen molar-refractivity contribution >= 4 is 27.2 Å². The van der Waals surface area contributed by atoms with E-state index in [-0.39, 0.29) is 5.75 Å². The smallest absolute Gasteiger partial charge is 0.192 e. The van der Waals surface area contributed by atoms with Gasteiger partial charge in [-0.05, 0) is 6.92 Å². The van der Waals surface area contributed by atoms with E-state index in [2.05, 4.69) is 0 Å². The quantitative estimate of drug-likeness (QED) is 0.603. The lowest BCUT2D eigenvalue weighted by molar-refractivity contribution is -0.115. The van der Waals surface area contributed by atoms with Crippen LogP contribution in [-0.4, -0.2) is 24.7 Å². The number of carbonyl (C=O) groups excluding carboxylic acids is 1. The summed E-state index contributed by atoms with van der Waals surface area (Å²) in [5.41, 5.74) is 0. The molecule has 10 heavy (non-hydrogen) atoms. The molecule has 0 aromatic carbocycles. The Kier molecular flexibility index (Phi) is 3.31. The van der Waals surface area contributed by atoms with Crippen molar-refractivity contribution in [1.29, 1.82) is 0 Å². The number of halogens is 1. The van der Waals surface area contributed by atoms with Crippen LogP contribution in [0.4, 0.5) is 0 Å². The monoisotopic (exact) mass is 184 g/mol. The van der Waals surface area contributed by atoms with E-state index in [4.69, 9.17) is 11.6 Å². The molecule has 1 unspecified atom stereocenters. The Labute approximate surface area is 65.3 Å². The summed E-state index contributed by atoms with van der Waals surface area (Å²) in [6.45, 7) is 2.61. The van der Waals surface area contributed by atoms with Crippen LogP contribution in [0.1, 0.15) is 13.8 Å². The second kappa shape index (κ2) is 3.34. The molecule has 1 atom stereocenters. The largest absolute Gasteiger partial charge is 0.297 e. The lowest BCUT2D eigenvalue weighted by atomic mass is 10.5. The third kappa shape index (κ3) is 2.27. The molecule has 5 heteroatoms. The van der Waals surface area contributed by atoms with Crippen LogP contribution in [0, 0.1) is 0 Å². The Morgan fingerprint density at radius 3 is 2.10 bits per heavy atom. The fraction of sp³-hybridized carbons (Fsp3) is 0.800. The van der Waals surface area contributed by atoms with E-state index in [9.17, 15) is 13.2 Å². The number of rotatable bonds is 3. The van der Waals surface area contributed by atoms with Gasteiger partial charge in [0.1, 0.15) is 0 Å². The summed E-state index contributed by atoms with van der Waals surface area (Å²) in [7, 11) is -3.38. The van der Waals surface area contributed by atoms with Crippen LogP contribution in [-0.2, 0) is 14.6 Å². The van der Waals surface area contributed by atoms with Gasteiger partial charge in [-0.25, -0.2) is 8.42 Å². The van der Waals surface area contributed by atoms with Gasteiger partial charge in [0.25, 0.3) is 0 Å². The molecule has 0 aliphatic carbocycles. The van der Waals surface area contributed by atoms with Gasteiger partial charge in [0, 0.05) is 5.75 Å². The fourth-order valence-electron chi connectivity index (χ4n) is 0.399. The zero-order valence-corrected chi connectivity index (χ0v) is 7.37. The summed E-state index contributed by atoms with van der Waals surface area (Å²) in [6.07, 6.45) is 0. The minimum Gasteiger partial charge on any atom is -0.297 e. The van der Waals surface area contributed by atoms with Crippen molar-refractivity contribution in [2.24, 2.45) is 0 Å². The maximum atomic E-state index is 10.8. The van der Waals surface area contributed by atoms with Gasteiger partial charge >= 0.3 is 0 Å². The Hall–Kier alpha value is -0.0900. The molecule has 3 nitrogen and oxygen atoms in total. The molecular weight excluding hydrogens is 176 g/mol. The molecule has 0 spiro atoms. The molecule has 0 rings (SSSR count). The summed E-state index contributed by atoms with van der Waals surface area (Å²) in [5.74, 6) is -0.621. The SMILES string of the molecule is CCS(=O)(=O)C(Cl)C(C)=O. The predicted octanol–water partition coefficient (Wildman–Crippen LogP) is 0.575. The molecule has 0 heterocycles. The number of Topliss-reactive ketones (excluding diaryl/α,β-unsaturated/α-hetero) is 1. The molecule has 0 aliphatic rings. The number of alkyl halides is 1. The van der Waals surface area contributed by atoms with Crippen LogP contribution in [0.3, 0.4) is 0 Å². The molecule has 0 amide bonds. The van der Waals surface area contributed by atoms with Crippen LogP contribution < -0.4 is 0 Å². The zero-order chi connectivity index (χ0) is 8.36. The van der Waals surface area contributed by atoms with E-state index in [0.717, 1.165) is 6.92 Å². The number of hydrogen-bond acceptors (Lipinski definition) is 3. The van der Waals surface area contributed by atoms with E-state index < -0.39 is 20.3 Å². The summed E-state index contributed by atoms with van der Waals surface area (Å²) in [4.78, 5) is 10.4. The van der Waals surface area contributed by atoms with Gasteiger partial charge in [-0.3, -0.25) is 4.79 Å². The molecule has 0 bridgehead atoms. The number of hydrogen-bond donors (Lipinski definition) is 0. The molecule has 0 aliphatic heterocycles. The third-order valence-electron chi connectivity index (χ3n) is 1.04. The van der Waals surface area contributed by atoms with E-state index in [1.807, 2.05) is 0 Å². The summed E-state index contributed by atoms with van der Waals surface area (Å²) in [6, 6.07) is 0. The van der Waals surface area contributed by atoms with Crippen molar-refractivity contribution in [2.45, 2.75) is 18.6 Å². The van der Waals surface area contributed by atoms with Gasteiger partial charge in [-0.15, -0.1) is 0 Å². The first-order valence-corrected chi connectivity index (χ1v) is 4.93. The van der Waals surface area contributed by atoms with Crippen LogP contribution in [0.15, 0.2) is 0 Å². The number of sulfone groups is 1. The first kappa shape index (κ1) is 9.91. The topological polar surface area (TPSA) is 51.2 Å². The van der Waals surface area contributed by atoms with Gasteiger partial charge in [0.15, 0.2) is 20.3 Å². The van der Waals surface area contributed by atoms with E-state index in [1.54, 1.807) is 0 Å². The average Bonchev–Trinajstić information content (AvgIpc) is 1.86. The second-order valence-electron chi connectivity index (χ2n) is 1.88. The van der Waals surface area contributed by atoms with Crippen molar-refractivity contribution in [1.82, 2.24) is 0 Å². The number of carbonyl (C=O) groups is 1. The van der Waals surface area contributed by atoms with E-state index in [0.29, 0.717) is 0 Å². The number of ketones is 1. The Morgan fingerprint density at radius 2 is 2.00 bits per heavy atom. The maximum Gasteiger partial charge on any atom is 0.192 e. The molecule has 0 radical (unpaired) electrons. The second-order valence-corrected chi connectivity index (χ2v) is 4.95.